The topological polar surface area (TPSA) is 77.2 Å². The molecule has 0 unspecified atom stereocenters. The highest BCUT2D eigenvalue weighted by molar-refractivity contribution is 5.80. The summed E-state index contributed by atoms with van der Waals surface area (Å²) in [7, 11) is 0. The Kier molecular flexibility index (Phi) is 5.95. The van der Waals surface area contributed by atoms with Crippen LogP contribution in [0.25, 0.3) is 0 Å². The van der Waals surface area contributed by atoms with Crippen LogP contribution in [0.2, 0.25) is 0 Å². The maximum absolute atomic E-state index is 11.7. The molecule has 0 spiro atoms. The molecule has 19 heavy (non-hydrogen) atoms. The molecule has 0 radical (unpaired) electrons. The number of aromatic nitrogens is 2. The minimum absolute atomic E-state index is 0.0172. The van der Waals surface area contributed by atoms with Gasteiger partial charge in [-0.3, -0.25) is 4.79 Å². The Hall–Kier alpha value is -1.43. The SMILES string of the molecule is CC(C)Cc1nc(CNC(=O)[C@H](C)OC(C)C)no1. The fourth-order valence-electron chi connectivity index (χ4n) is 1.57. The third-order valence-corrected chi connectivity index (χ3v) is 2.36. The molecular formula is C13H23N3O3. The highest BCUT2D eigenvalue weighted by Gasteiger charge is 2.15. The predicted octanol–water partition coefficient (Wildman–Crippen LogP) is 1.70. The van der Waals surface area contributed by atoms with Crippen molar-refractivity contribution in [1.82, 2.24) is 15.5 Å². The van der Waals surface area contributed by atoms with Crippen LogP contribution in [0.5, 0.6) is 0 Å². The van der Waals surface area contributed by atoms with Crippen molar-refractivity contribution in [2.75, 3.05) is 0 Å². The van der Waals surface area contributed by atoms with Crippen LogP contribution < -0.4 is 5.32 Å². The zero-order valence-electron chi connectivity index (χ0n) is 12.3. The fourth-order valence-corrected chi connectivity index (χ4v) is 1.57. The van der Waals surface area contributed by atoms with E-state index in [0.717, 1.165) is 6.42 Å². The van der Waals surface area contributed by atoms with E-state index < -0.39 is 6.10 Å². The van der Waals surface area contributed by atoms with Gasteiger partial charge in [0, 0.05) is 6.42 Å². The first-order valence-corrected chi connectivity index (χ1v) is 6.63. The molecule has 0 fully saturated rings. The van der Waals surface area contributed by atoms with Gasteiger partial charge in [-0.25, -0.2) is 0 Å². The lowest BCUT2D eigenvalue weighted by Gasteiger charge is -2.14. The predicted molar refractivity (Wildman–Crippen MR) is 70.4 cm³/mol. The van der Waals surface area contributed by atoms with Gasteiger partial charge in [0.15, 0.2) is 5.82 Å². The van der Waals surface area contributed by atoms with Crippen molar-refractivity contribution in [2.24, 2.45) is 5.92 Å². The van der Waals surface area contributed by atoms with Crippen LogP contribution in [0, 0.1) is 5.92 Å². The fraction of sp³-hybridized carbons (Fsp3) is 0.769. The van der Waals surface area contributed by atoms with Crippen LogP contribution in [0.15, 0.2) is 4.52 Å². The number of hydrogen-bond donors (Lipinski definition) is 1. The Morgan fingerprint density at radius 3 is 2.58 bits per heavy atom. The van der Waals surface area contributed by atoms with E-state index in [1.807, 2.05) is 13.8 Å². The normalized spacial score (nSPS) is 13.0. The lowest BCUT2D eigenvalue weighted by atomic mass is 10.1. The van der Waals surface area contributed by atoms with E-state index in [-0.39, 0.29) is 18.6 Å². The summed E-state index contributed by atoms with van der Waals surface area (Å²) < 4.78 is 10.5. The van der Waals surface area contributed by atoms with E-state index in [0.29, 0.717) is 17.6 Å². The van der Waals surface area contributed by atoms with Gasteiger partial charge < -0.3 is 14.6 Å². The van der Waals surface area contributed by atoms with E-state index in [9.17, 15) is 4.79 Å². The number of nitrogens with one attached hydrogen (secondary N) is 1. The highest BCUT2D eigenvalue weighted by Crippen LogP contribution is 2.05. The molecule has 0 aliphatic rings. The molecule has 1 aromatic rings. The first-order chi connectivity index (χ1) is 8.88. The Bertz CT molecular complexity index is 402. The maximum Gasteiger partial charge on any atom is 0.249 e. The standard InChI is InChI=1S/C13H23N3O3/c1-8(2)6-12-15-11(16-19-12)7-14-13(17)10(5)18-9(3)4/h8-10H,6-7H2,1-5H3,(H,14,17)/t10-/m0/s1. The van der Waals surface area contributed by atoms with Crippen molar-refractivity contribution < 1.29 is 14.1 Å². The average molecular weight is 269 g/mol. The summed E-state index contributed by atoms with van der Waals surface area (Å²) >= 11 is 0. The van der Waals surface area contributed by atoms with Gasteiger partial charge in [-0.05, 0) is 26.7 Å². The largest absolute Gasteiger partial charge is 0.366 e. The van der Waals surface area contributed by atoms with Gasteiger partial charge >= 0.3 is 0 Å². The summed E-state index contributed by atoms with van der Waals surface area (Å²) in [4.78, 5) is 15.9. The Morgan fingerprint density at radius 1 is 1.32 bits per heavy atom. The van der Waals surface area contributed by atoms with Gasteiger partial charge in [-0.2, -0.15) is 4.98 Å². The lowest BCUT2D eigenvalue weighted by Crippen LogP contribution is -2.35. The molecule has 0 saturated heterocycles. The van der Waals surface area contributed by atoms with Crippen LogP contribution in [-0.4, -0.2) is 28.3 Å². The van der Waals surface area contributed by atoms with Crippen molar-refractivity contribution in [2.45, 2.75) is 59.8 Å². The zero-order valence-corrected chi connectivity index (χ0v) is 12.3. The Morgan fingerprint density at radius 2 is 2.00 bits per heavy atom. The maximum atomic E-state index is 11.7. The molecule has 1 heterocycles. The molecule has 0 saturated carbocycles. The quantitative estimate of drug-likeness (QED) is 0.815. The van der Waals surface area contributed by atoms with E-state index in [2.05, 4.69) is 29.3 Å². The molecule has 108 valence electrons. The molecule has 1 N–H and O–H groups in total. The minimum atomic E-state index is -0.484. The van der Waals surface area contributed by atoms with E-state index in [1.54, 1.807) is 6.92 Å². The van der Waals surface area contributed by atoms with Crippen LogP contribution in [0.4, 0.5) is 0 Å². The summed E-state index contributed by atoms with van der Waals surface area (Å²) in [5.74, 6) is 1.37. The molecule has 1 atom stereocenters. The number of carbonyl (C=O) groups is 1. The molecule has 6 nitrogen and oxygen atoms in total. The number of carbonyl (C=O) groups excluding carboxylic acids is 1. The van der Waals surface area contributed by atoms with E-state index in [4.69, 9.17) is 9.26 Å². The van der Waals surface area contributed by atoms with Crippen molar-refractivity contribution in [3.63, 3.8) is 0 Å². The van der Waals surface area contributed by atoms with Crippen LogP contribution in [-0.2, 0) is 22.5 Å². The summed E-state index contributed by atoms with van der Waals surface area (Å²) in [5.41, 5.74) is 0. The third kappa shape index (κ3) is 5.83. The molecule has 0 aromatic carbocycles. The van der Waals surface area contributed by atoms with Gasteiger partial charge in [-0.15, -0.1) is 0 Å². The van der Waals surface area contributed by atoms with Crippen LogP contribution in [0.1, 0.15) is 46.3 Å². The molecule has 1 aromatic heterocycles. The zero-order chi connectivity index (χ0) is 14.4. The lowest BCUT2D eigenvalue weighted by molar-refractivity contribution is -0.134. The highest BCUT2D eigenvalue weighted by atomic mass is 16.5. The third-order valence-electron chi connectivity index (χ3n) is 2.36. The second-order valence-electron chi connectivity index (χ2n) is 5.25. The Labute approximate surface area is 113 Å². The van der Waals surface area contributed by atoms with E-state index >= 15 is 0 Å². The second-order valence-corrected chi connectivity index (χ2v) is 5.25. The van der Waals surface area contributed by atoms with Gasteiger partial charge in [0.25, 0.3) is 0 Å². The molecule has 1 amide bonds. The van der Waals surface area contributed by atoms with Gasteiger partial charge in [0.05, 0.1) is 12.6 Å². The monoisotopic (exact) mass is 269 g/mol. The van der Waals surface area contributed by atoms with Crippen molar-refractivity contribution in [1.29, 1.82) is 0 Å². The smallest absolute Gasteiger partial charge is 0.249 e. The second kappa shape index (κ2) is 7.23. The minimum Gasteiger partial charge on any atom is -0.366 e. The number of hydrogen-bond acceptors (Lipinski definition) is 5. The van der Waals surface area contributed by atoms with Gasteiger partial charge in [0.2, 0.25) is 11.8 Å². The summed E-state index contributed by atoms with van der Waals surface area (Å²) in [6.07, 6.45) is 0.277. The number of ether oxygens (including phenoxy) is 1. The molecule has 6 heteroatoms. The van der Waals surface area contributed by atoms with Crippen LogP contribution in [0.3, 0.4) is 0 Å². The first kappa shape index (κ1) is 15.6. The summed E-state index contributed by atoms with van der Waals surface area (Å²) in [5, 5.41) is 6.54. The van der Waals surface area contributed by atoms with E-state index in [1.165, 1.54) is 0 Å². The number of nitrogens with zero attached hydrogens (tertiary/aromatic N) is 2. The van der Waals surface area contributed by atoms with Crippen LogP contribution >= 0.6 is 0 Å². The molecule has 0 aliphatic carbocycles. The summed E-state index contributed by atoms with van der Waals surface area (Å²) in [6.45, 7) is 9.91. The van der Waals surface area contributed by atoms with Crippen molar-refractivity contribution in [3.8, 4) is 0 Å². The average Bonchev–Trinajstić information content (AvgIpc) is 2.71. The molecule has 1 rings (SSSR count). The van der Waals surface area contributed by atoms with Gasteiger partial charge in [0.1, 0.15) is 6.10 Å². The number of rotatable bonds is 7. The number of amides is 1. The van der Waals surface area contributed by atoms with Crippen molar-refractivity contribution >= 4 is 5.91 Å². The first-order valence-electron chi connectivity index (χ1n) is 6.63. The molecule has 0 aliphatic heterocycles. The Balaban J connectivity index is 2.39. The molecule has 0 bridgehead atoms. The van der Waals surface area contributed by atoms with Crippen molar-refractivity contribution in [3.05, 3.63) is 11.7 Å². The summed E-state index contributed by atoms with van der Waals surface area (Å²) in [6, 6.07) is 0. The molecular weight excluding hydrogens is 246 g/mol. The van der Waals surface area contributed by atoms with Gasteiger partial charge in [-0.1, -0.05) is 19.0 Å².